The highest BCUT2D eigenvalue weighted by Gasteiger charge is 2.54. The Balaban J connectivity index is 1.51. The number of halogens is 4. The number of methoxy groups -OCH3 is 1. The number of hydrogen-bond acceptors (Lipinski definition) is 9. The van der Waals surface area contributed by atoms with Crippen LogP contribution < -0.4 is 15.8 Å². The van der Waals surface area contributed by atoms with Crippen LogP contribution in [0.2, 0.25) is 0 Å². The average molecular weight is 749 g/mol. The van der Waals surface area contributed by atoms with Gasteiger partial charge in [-0.15, -0.1) is 0 Å². The minimum absolute atomic E-state index is 0.0575. The molecule has 2 heterocycles. The second-order valence-electron chi connectivity index (χ2n) is 7.50. The Morgan fingerprint density at radius 3 is 2.66 bits per heavy atom. The summed E-state index contributed by atoms with van der Waals surface area (Å²) in [6.45, 7) is 0.666. The van der Waals surface area contributed by atoms with Gasteiger partial charge in [-0.2, -0.15) is 0 Å². The third-order valence-electron chi connectivity index (χ3n) is 5.12. The maximum atomic E-state index is 12.6. The number of allylic oxidation sites excluding steroid dienone is 1. The van der Waals surface area contributed by atoms with Gasteiger partial charge in [0.25, 0.3) is 5.91 Å². The largest absolute Gasteiger partial charge is 0.495 e. The van der Waals surface area contributed by atoms with Gasteiger partial charge in [0.15, 0.2) is 11.8 Å². The van der Waals surface area contributed by atoms with Crippen molar-refractivity contribution in [1.29, 1.82) is 0 Å². The molecule has 0 aliphatic carbocycles. The second-order valence-corrected chi connectivity index (χ2v) is 11.0. The van der Waals surface area contributed by atoms with E-state index in [2.05, 4.69) is 74.2 Å². The molecule has 14 heteroatoms. The number of rotatable bonds is 9. The van der Waals surface area contributed by atoms with Gasteiger partial charge in [0.2, 0.25) is 0 Å². The number of nitrogens with one attached hydrogen (secondary N) is 1. The van der Waals surface area contributed by atoms with Crippen LogP contribution in [0.4, 0.5) is 0 Å². The number of carbonyl (C=O) groups excluding carboxylic acids is 1. The van der Waals surface area contributed by atoms with E-state index in [9.17, 15) is 15.0 Å². The Labute approximate surface area is 235 Å². The second kappa shape index (κ2) is 12.4. The zero-order chi connectivity index (χ0) is 25.8. The molecule has 2 aliphatic rings. The Morgan fingerprint density at radius 2 is 2.03 bits per heavy atom. The first-order chi connectivity index (χ1) is 16.6. The summed E-state index contributed by atoms with van der Waals surface area (Å²) in [5.74, 6) is -1.15. The number of nitrogens with zero attached hydrogens (tertiary/aromatic N) is 1. The van der Waals surface area contributed by atoms with E-state index in [4.69, 9.17) is 24.8 Å². The van der Waals surface area contributed by atoms with E-state index in [-0.39, 0.29) is 25.2 Å². The number of ether oxygens (including phenoxy) is 3. The summed E-state index contributed by atoms with van der Waals surface area (Å²) < 4.78 is 19.1. The van der Waals surface area contributed by atoms with E-state index < -0.39 is 23.9 Å². The molecule has 10 nitrogen and oxygen atoms in total. The summed E-state index contributed by atoms with van der Waals surface area (Å²) in [6, 6.07) is 3.47. The lowest BCUT2D eigenvalue weighted by molar-refractivity contribution is -0.225. The fraction of sp³-hybridized carbons (Fsp3) is 0.429. The van der Waals surface area contributed by atoms with Crippen molar-refractivity contribution < 1.29 is 34.1 Å². The molecule has 0 aromatic heterocycles. The molecule has 1 aromatic carbocycles. The highest BCUT2D eigenvalue weighted by atomic mass is 79.9. The molecule has 0 saturated heterocycles. The predicted octanol–water partition coefficient (Wildman–Crippen LogP) is 3.44. The lowest BCUT2D eigenvalue weighted by atomic mass is 10.0. The molecule has 192 valence electrons. The van der Waals surface area contributed by atoms with Crippen molar-refractivity contribution >= 4 is 75.3 Å². The maximum absolute atomic E-state index is 12.6. The van der Waals surface area contributed by atoms with E-state index in [1.807, 2.05) is 0 Å². The number of aliphatic hydroxyl groups is 2. The summed E-state index contributed by atoms with van der Waals surface area (Å²) in [7, 11) is 1.49. The first-order valence-corrected chi connectivity index (χ1v) is 13.5. The highest BCUT2D eigenvalue weighted by Crippen LogP contribution is 2.41. The van der Waals surface area contributed by atoms with Gasteiger partial charge < -0.3 is 40.3 Å². The van der Waals surface area contributed by atoms with Crippen molar-refractivity contribution in [3.63, 3.8) is 0 Å². The minimum Gasteiger partial charge on any atom is -0.495 e. The monoisotopic (exact) mass is 745 g/mol. The molecule has 0 saturated carbocycles. The molecule has 3 atom stereocenters. The first kappa shape index (κ1) is 28.4. The zero-order valence-corrected chi connectivity index (χ0v) is 24.7. The van der Waals surface area contributed by atoms with Gasteiger partial charge in [-0.05, 0) is 71.9 Å². The van der Waals surface area contributed by atoms with Crippen LogP contribution in [0.25, 0.3) is 0 Å². The van der Waals surface area contributed by atoms with Gasteiger partial charge in [-0.1, -0.05) is 21.1 Å². The third-order valence-corrected chi connectivity index (χ3v) is 7.48. The maximum Gasteiger partial charge on any atom is 0.311 e. The van der Waals surface area contributed by atoms with Crippen LogP contribution >= 0.6 is 63.7 Å². The molecule has 2 aliphatic heterocycles. The number of hydrogen-bond donors (Lipinski definition) is 4. The summed E-state index contributed by atoms with van der Waals surface area (Å²) in [6.07, 6.45) is -0.353. The van der Waals surface area contributed by atoms with Crippen molar-refractivity contribution in [2.24, 2.45) is 10.9 Å². The van der Waals surface area contributed by atoms with Gasteiger partial charge >= 0.3 is 5.79 Å². The van der Waals surface area contributed by atoms with Gasteiger partial charge in [0, 0.05) is 17.6 Å². The van der Waals surface area contributed by atoms with E-state index in [0.29, 0.717) is 48.0 Å². The lowest BCUT2D eigenvalue weighted by Crippen LogP contribution is -2.49. The van der Waals surface area contributed by atoms with Gasteiger partial charge in [0.05, 0.1) is 39.7 Å². The number of oxime groups is 1. The van der Waals surface area contributed by atoms with Gasteiger partial charge in [-0.25, -0.2) is 0 Å². The SMILES string of the molecule is COC1=C(Br)C[C@]2(OC=C1Br)ON=C(C(=O)NCCCOc1c(Br)cc([C@@H](O)CN)cc1Br)[C@@H]2O. The van der Waals surface area contributed by atoms with Crippen LogP contribution in [0.1, 0.15) is 24.5 Å². The van der Waals surface area contributed by atoms with Crippen LogP contribution in [0, 0.1) is 0 Å². The van der Waals surface area contributed by atoms with E-state index >= 15 is 0 Å². The first-order valence-electron chi connectivity index (χ1n) is 10.3. The fourth-order valence-corrected chi connectivity index (χ4v) is 6.26. The number of amides is 1. The summed E-state index contributed by atoms with van der Waals surface area (Å²) in [5.41, 5.74) is 5.96. The summed E-state index contributed by atoms with van der Waals surface area (Å²) in [5, 5.41) is 27.2. The van der Waals surface area contributed by atoms with Crippen LogP contribution in [0.3, 0.4) is 0 Å². The quantitative estimate of drug-likeness (QED) is 0.282. The molecule has 3 rings (SSSR count). The smallest absolute Gasteiger partial charge is 0.311 e. The van der Waals surface area contributed by atoms with Crippen LogP contribution in [-0.4, -0.2) is 60.5 Å². The van der Waals surface area contributed by atoms with Gasteiger partial charge in [-0.3, -0.25) is 4.79 Å². The molecule has 35 heavy (non-hydrogen) atoms. The molecule has 1 aromatic rings. The average Bonchev–Trinajstić information content (AvgIpc) is 3.07. The van der Waals surface area contributed by atoms with Crippen LogP contribution in [0.15, 0.2) is 47.2 Å². The van der Waals surface area contributed by atoms with Crippen LogP contribution in [0.5, 0.6) is 5.75 Å². The fourth-order valence-electron chi connectivity index (χ4n) is 3.28. The minimum atomic E-state index is -1.60. The van der Waals surface area contributed by atoms with Crippen molar-refractivity contribution in [2.45, 2.75) is 30.8 Å². The molecule has 5 N–H and O–H groups in total. The Morgan fingerprint density at radius 1 is 1.34 bits per heavy atom. The third kappa shape index (κ3) is 6.40. The van der Waals surface area contributed by atoms with Crippen molar-refractivity contribution in [3.8, 4) is 5.75 Å². The van der Waals surface area contributed by atoms with E-state index in [1.165, 1.54) is 13.4 Å². The van der Waals surface area contributed by atoms with E-state index in [1.54, 1.807) is 12.1 Å². The molecule has 1 spiro atoms. The zero-order valence-electron chi connectivity index (χ0n) is 18.4. The number of aliphatic hydroxyl groups excluding tert-OH is 2. The molecule has 0 radical (unpaired) electrons. The molecular weight excluding hydrogens is 726 g/mol. The molecular formula is C21H23Br4N3O7. The van der Waals surface area contributed by atoms with Crippen LogP contribution in [-0.2, 0) is 19.1 Å². The summed E-state index contributed by atoms with van der Waals surface area (Å²) >= 11 is 13.6. The van der Waals surface area contributed by atoms with Crippen molar-refractivity contribution in [1.82, 2.24) is 5.32 Å². The highest BCUT2D eigenvalue weighted by molar-refractivity contribution is 9.12. The molecule has 0 bridgehead atoms. The Kier molecular flexibility index (Phi) is 10.1. The van der Waals surface area contributed by atoms with Crippen molar-refractivity contribution in [2.75, 3.05) is 26.8 Å². The molecule has 1 amide bonds. The Hall–Kier alpha value is -1.16. The topological polar surface area (TPSA) is 145 Å². The predicted molar refractivity (Wildman–Crippen MR) is 142 cm³/mol. The van der Waals surface area contributed by atoms with Crippen molar-refractivity contribution in [3.05, 3.63) is 47.6 Å². The van der Waals surface area contributed by atoms with E-state index in [0.717, 1.165) is 0 Å². The standard InChI is InChI=1S/C21H23Br4N3O7/c1-32-17-13(24)7-21(34-9-14(17)25)19(30)16(28-35-21)20(31)27-3-2-4-33-18-11(22)5-10(6-12(18)23)15(29)8-26/h5-6,9,15,19,29-30H,2-4,7-8,26H2,1H3,(H,27,31)/t15-,19-,21-/m0/s1. The Bertz CT molecular complexity index is 1040. The number of carbonyl (C=O) groups is 1. The molecule has 0 unspecified atom stereocenters. The summed E-state index contributed by atoms with van der Waals surface area (Å²) in [4.78, 5) is 18.0. The molecule has 0 fully saturated rings. The lowest BCUT2D eigenvalue weighted by Gasteiger charge is -2.27. The van der Waals surface area contributed by atoms with Gasteiger partial charge in [0.1, 0.15) is 17.8 Å². The normalized spacial score (nSPS) is 22.6. The number of benzene rings is 1. The number of nitrogens with two attached hydrogens (primary N) is 1.